The van der Waals surface area contributed by atoms with Gasteiger partial charge in [0.25, 0.3) is 11.8 Å². The number of benzene rings is 3. The number of amides is 2. The molecule has 2 aliphatic rings. The van der Waals surface area contributed by atoms with Crippen LogP contribution in [0.25, 0.3) is 6.08 Å². The number of carbonyl (C=O) groups is 2. The van der Waals surface area contributed by atoms with E-state index in [0.717, 1.165) is 54.2 Å². The summed E-state index contributed by atoms with van der Waals surface area (Å²) in [6, 6.07) is 25.1. The average molecular weight is 540 g/mol. The maximum Gasteiger partial charge on any atom is 0.267 e. The quantitative estimate of drug-likeness (QED) is 0.307. The molecule has 0 radical (unpaired) electrons. The molecular formula is C32H33N3O3S. The van der Waals surface area contributed by atoms with Crippen LogP contribution in [-0.4, -0.2) is 34.5 Å². The van der Waals surface area contributed by atoms with E-state index in [-0.39, 0.29) is 24.5 Å². The molecule has 1 heterocycles. The molecule has 0 atom stereocenters. The molecule has 1 N–H and O–H groups in total. The number of aliphatic imine (C=N–C) groups is 1. The molecule has 0 aromatic heterocycles. The number of nitrogens with one attached hydrogen (secondary N) is 1. The van der Waals surface area contributed by atoms with E-state index in [1.54, 1.807) is 0 Å². The molecule has 39 heavy (non-hydrogen) atoms. The van der Waals surface area contributed by atoms with E-state index in [2.05, 4.69) is 18.3 Å². The highest BCUT2D eigenvalue weighted by Gasteiger charge is 2.38. The highest BCUT2D eigenvalue weighted by molar-refractivity contribution is 8.18. The molecule has 5 rings (SSSR count). The van der Waals surface area contributed by atoms with Crippen molar-refractivity contribution < 1.29 is 14.3 Å². The van der Waals surface area contributed by atoms with Gasteiger partial charge in [-0.25, -0.2) is 4.99 Å². The Morgan fingerprint density at radius 3 is 2.46 bits per heavy atom. The second kappa shape index (κ2) is 12.8. The summed E-state index contributed by atoms with van der Waals surface area (Å²) in [5.74, 6) is 0.394. The number of ether oxygens (including phenoxy) is 1. The zero-order valence-electron chi connectivity index (χ0n) is 22.1. The van der Waals surface area contributed by atoms with Crippen LogP contribution in [0.3, 0.4) is 0 Å². The van der Waals surface area contributed by atoms with E-state index in [1.807, 2.05) is 83.8 Å². The minimum Gasteiger partial charge on any atom is -0.484 e. The molecule has 2 amide bonds. The van der Waals surface area contributed by atoms with Crippen LogP contribution in [0.15, 0.2) is 88.8 Å². The molecule has 1 saturated heterocycles. The van der Waals surface area contributed by atoms with Gasteiger partial charge >= 0.3 is 0 Å². The van der Waals surface area contributed by atoms with Crippen molar-refractivity contribution in [2.45, 2.75) is 51.5 Å². The Morgan fingerprint density at radius 1 is 1.00 bits per heavy atom. The monoisotopic (exact) mass is 539 g/mol. The van der Waals surface area contributed by atoms with Gasteiger partial charge in [-0.05, 0) is 78.6 Å². The minimum absolute atomic E-state index is 0.0255. The molecule has 1 aliphatic carbocycles. The molecule has 2 fully saturated rings. The van der Waals surface area contributed by atoms with Crippen LogP contribution < -0.4 is 10.1 Å². The first kappa shape index (κ1) is 26.8. The predicted octanol–water partition coefficient (Wildman–Crippen LogP) is 7.20. The summed E-state index contributed by atoms with van der Waals surface area (Å²) < 4.78 is 5.66. The van der Waals surface area contributed by atoms with E-state index >= 15 is 0 Å². The largest absolute Gasteiger partial charge is 0.484 e. The molecular weight excluding hydrogens is 506 g/mol. The molecule has 3 aromatic rings. The number of amidine groups is 1. The van der Waals surface area contributed by atoms with Crippen molar-refractivity contribution in [1.82, 2.24) is 4.90 Å². The lowest BCUT2D eigenvalue weighted by Crippen LogP contribution is -2.40. The third-order valence-corrected chi connectivity index (χ3v) is 7.95. The highest BCUT2D eigenvalue weighted by atomic mass is 32.2. The first-order chi connectivity index (χ1) is 19.1. The maximum absolute atomic E-state index is 13.6. The standard InChI is InChI=1S/C32H33N3O3S/c1-2-24-11-9-10-16-28(24)34-32-35(26-14-7-4-8-15-26)31(37)29(39-32)21-23-17-19-27(20-18-23)38-22-30(36)33-25-12-5-3-6-13-25/h3,5-6,9-13,16-21,26H,2,4,7-8,14-15,22H2,1H3,(H,33,36)/b29-21+,34-32?. The molecule has 7 heteroatoms. The van der Waals surface area contributed by atoms with Crippen molar-refractivity contribution in [3.05, 3.63) is 94.9 Å². The molecule has 1 aliphatic heterocycles. The molecule has 200 valence electrons. The van der Waals surface area contributed by atoms with Gasteiger partial charge in [-0.2, -0.15) is 0 Å². The maximum atomic E-state index is 13.6. The fourth-order valence-electron chi connectivity index (χ4n) is 4.93. The molecule has 0 bridgehead atoms. The van der Waals surface area contributed by atoms with Gasteiger partial charge in [0.1, 0.15) is 5.75 Å². The zero-order chi connectivity index (χ0) is 27.0. The minimum atomic E-state index is -0.223. The summed E-state index contributed by atoms with van der Waals surface area (Å²) in [6.45, 7) is 2.04. The van der Waals surface area contributed by atoms with Gasteiger partial charge in [0.2, 0.25) is 0 Å². The van der Waals surface area contributed by atoms with Crippen LogP contribution in [0.5, 0.6) is 5.75 Å². The number of para-hydroxylation sites is 2. The van der Waals surface area contributed by atoms with E-state index in [9.17, 15) is 9.59 Å². The summed E-state index contributed by atoms with van der Waals surface area (Å²) in [7, 11) is 0. The molecule has 0 spiro atoms. The highest BCUT2D eigenvalue weighted by Crippen LogP contribution is 2.39. The van der Waals surface area contributed by atoms with Crippen molar-refractivity contribution in [2.75, 3.05) is 11.9 Å². The van der Waals surface area contributed by atoms with Crippen molar-refractivity contribution in [2.24, 2.45) is 4.99 Å². The van der Waals surface area contributed by atoms with Crippen LogP contribution in [0.1, 0.15) is 50.2 Å². The van der Waals surface area contributed by atoms with Crippen LogP contribution in [0.4, 0.5) is 11.4 Å². The lowest BCUT2D eigenvalue weighted by molar-refractivity contribution is -0.124. The third kappa shape index (κ3) is 6.79. The van der Waals surface area contributed by atoms with Crippen LogP contribution in [0.2, 0.25) is 0 Å². The number of rotatable bonds is 8. The van der Waals surface area contributed by atoms with Gasteiger partial charge in [-0.1, -0.05) is 74.7 Å². The van der Waals surface area contributed by atoms with Crippen molar-refractivity contribution in [1.29, 1.82) is 0 Å². The van der Waals surface area contributed by atoms with Crippen molar-refractivity contribution >= 4 is 46.2 Å². The molecule has 6 nitrogen and oxygen atoms in total. The van der Waals surface area contributed by atoms with Gasteiger partial charge in [0.05, 0.1) is 10.6 Å². The smallest absolute Gasteiger partial charge is 0.267 e. The summed E-state index contributed by atoms with van der Waals surface area (Å²) in [6.07, 6.45) is 8.34. The van der Waals surface area contributed by atoms with Crippen molar-refractivity contribution in [3.63, 3.8) is 0 Å². The van der Waals surface area contributed by atoms with Crippen LogP contribution in [0, 0.1) is 0 Å². The van der Waals surface area contributed by atoms with Crippen molar-refractivity contribution in [3.8, 4) is 5.75 Å². The number of carbonyl (C=O) groups excluding carboxylic acids is 2. The van der Waals surface area contributed by atoms with E-state index in [1.165, 1.54) is 23.7 Å². The Hall–Kier alpha value is -3.84. The number of nitrogens with zero attached hydrogens (tertiary/aromatic N) is 2. The van der Waals surface area contributed by atoms with E-state index in [4.69, 9.17) is 9.73 Å². The van der Waals surface area contributed by atoms with Gasteiger partial charge in [0, 0.05) is 11.7 Å². The fourth-order valence-corrected chi connectivity index (χ4v) is 5.98. The van der Waals surface area contributed by atoms with Gasteiger partial charge in [-0.3, -0.25) is 14.5 Å². The second-order valence-corrected chi connectivity index (χ2v) is 10.7. The Morgan fingerprint density at radius 2 is 1.72 bits per heavy atom. The predicted molar refractivity (Wildman–Crippen MR) is 159 cm³/mol. The summed E-state index contributed by atoms with van der Waals surface area (Å²) in [4.78, 5) is 33.4. The number of aryl methyl sites for hydroxylation is 1. The molecule has 0 unspecified atom stereocenters. The summed E-state index contributed by atoms with van der Waals surface area (Å²) in [5.41, 5.74) is 3.73. The average Bonchev–Trinajstić information content (AvgIpc) is 3.27. The normalized spacial score (nSPS) is 18.1. The Kier molecular flexibility index (Phi) is 8.78. The summed E-state index contributed by atoms with van der Waals surface area (Å²) >= 11 is 1.45. The summed E-state index contributed by atoms with van der Waals surface area (Å²) in [5, 5.41) is 3.57. The van der Waals surface area contributed by atoms with Crippen LogP contribution >= 0.6 is 11.8 Å². The SMILES string of the molecule is CCc1ccccc1N=C1S/C(=C/c2ccc(OCC(=O)Nc3ccccc3)cc2)C(=O)N1C1CCCCC1. The lowest BCUT2D eigenvalue weighted by atomic mass is 9.94. The Bertz CT molecular complexity index is 1360. The van der Waals surface area contributed by atoms with Gasteiger partial charge in [-0.15, -0.1) is 0 Å². The Balaban J connectivity index is 1.30. The molecule has 3 aromatic carbocycles. The second-order valence-electron chi connectivity index (χ2n) is 9.73. The molecule has 1 saturated carbocycles. The Labute approximate surface area is 234 Å². The van der Waals surface area contributed by atoms with Gasteiger partial charge in [0.15, 0.2) is 11.8 Å². The number of thioether (sulfide) groups is 1. The zero-order valence-corrected chi connectivity index (χ0v) is 23.0. The lowest BCUT2D eigenvalue weighted by Gasteiger charge is -2.30. The van der Waals surface area contributed by atoms with E-state index in [0.29, 0.717) is 10.7 Å². The number of hydrogen-bond donors (Lipinski definition) is 1. The first-order valence-corrected chi connectivity index (χ1v) is 14.4. The van der Waals surface area contributed by atoms with Gasteiger partial charge < -0.3 is 10.1 Å². The first-order valence-electron chi connectivity index (χ1n) is 13.6. The topological polar surface area (TPSA) is 71.0 Å². The number of anilines is 1. The van der Waals surface area contributed by atoms with E-state index < -0.39 is 0 Å². The van der Waals surface area contributed by atoms with Crippen LogP contribution in [-0.2, 0) is 16.0 Å². The third-order valence-electron chi connectivity index (χ3n) is 6.97. The fraction of sp³-hybridized carbons (Fsp3) is 0.281. The number of hydrogen-bond acceptors (Lipinski definition) is 5.